The zero-order valence-corrected chi connectivity index (χ0v) is 10.5. The van der Waals surface area contributed by atoms with Crippen LogP contribution in [0.15, 0.2) is 24.3 Å². The van der Waals surface area contributed by atoms with Gasteiger partial charge in [0.15, 0.2) is 0 Å². The first-order chi connectivity index (χ1) is 9.13. The van der Waals surface area contributed by atoms with Crippen molar-refractivity contribution < 1.29 is 14.7 Å². The molecule has 2 amide bonds. The van der Waals surface area contributed by atoms with Gasteiger partial charge in [0.1, 0.15) is 0 Å². The Bertz CT molecular complexity index is 474. The molecule has 0 aliphatic rings. The van der Waals surface area contributed by atoms with Crippen LogP contribution in [0.25, 0.3) is 0 Å². The summed E-state index contributed by atoms with van der Waals surface area (Å²) in [5, 5.41) is 14.0. The molecule has 3 N–H and O–H groups in total. The van der Waals surface area contributed by atoms with E-state index in [0.29, 0.717) is 18.7 Å². The van der Waals surface area contributed by atoms with Crippen molar-refractivity contribution in [2.45, 2.75) is 19.3 Å². The SMILES string of the molecule is C#CCCCCNC(=O)Nc1ccc(C(=O)O)cc1. The minimum atomic E-state index is -0.996. The molecule has 0 saturated carbocycles. The lowest BCUT2D eigenvalue weighted by Crippen LogP contribution is -2.29. The van der Waals surface area contributed by atoms with E-state index in [2.05, 4.69) is 16.6 Å². The van der Waals surface area contributed by atoms with Crippen LogP contribution in [0.3, 0.4) is 0 Å². The van der Waals surface area contributed by atoms with Crippen LogP contribution in [0, 0.1) is 12.3 Å². The molecule has 0 heterocycles. The van der Waals surface area contributed by atoms with Gasteiger partial charge in [-0.25, -0.2) is 9.59 Å². The molecule has 0 aliphatic heterocycles. The number of hydrogen-bond donors (Lipinski definition) is 3. The Kier molecular flexibility index (Phi) is 5.96. The Labute approximate surface area is 112 Å². The molecule has 1 aromatic rings. The molecule has 100 valence electrons. The van der Waals surface area contributed by atoms with Gasteiger partial charge in [0.05, 0.1) is 5.56 Å². The van der Waals surface area contributed by atoms with Crippen LogP contribution in [0.1, 0.15) is 29.6 Å². The van der Waals surface area contributed by atoms with Crippen molar-refractivity contribution in [1.29, 1.82) is 0 Å². The highest BCUT2D eigenvalue weighted by Crippen LogP contribution is 2.09. The molecule has 0 spiro atoms. The van der Waals surface area contributed by atoms with E-state index in [1.54, 1.807) is 12.1 Å². The summed E-state index contributed by atoms with van der Waals surface area (Å²) in [5.74, 6) is 1.54. The first-order valence-electron chi connectivity index (χ1n) is 5.95. The second-order valence-corrected chi connectivity index (χ2v) is 3.92. The predicted octanol–water partition coefficient (Wildman–Crippen LogP) is 2.31. The Morgan fingerprint density at radius 1 is 1.21 bits per heavy atom. The molecule has 0 aliphatic carbocycles. The van der Waals surface area contributed by atoms with Crippen LogP contribution in [-0.4, -0.2) is 23.7 Å². The Hall–Kier alpha value is -2.48. The van der Waals surface area contributed by atoms with Gasteiger partial charge in [-0.15, -0.1) is 12.3 Å². The Morgan fingerprint density at radius 3 is 2.47 bits per heavy atom. The molecule has 0 atom stereocenters. The summed E-state index contributed by atoms with van der Waals surface area (Å²) >= 11 is 0. The summed E-state index contributed by atoms with van der Waals surface area (Å²) in [5.41, 5.74) is 0.728. The zero-order valence-electron chi connectivity index (χ0n) is 10.5. The maximum absolute atomic E-state index is 11.5. The summed E-state index contributed by atoms with van der Waals surface area (Å²) in [7, 11) is 0. The van der Waals surface area contributed by atoms with Gasteiger partial charge in [-0.1, -0.05) is 0 Å². The lowest BCUT2D eigenvalue weighted by atomic mass is 10.2. The first kappa shape index (κ1) is 14.6. The van der Waals surface area contributed by atoms with Gasteiger partial charge in [0, 0.05) is 18.7 Å². The highest BCUT2D eigenvalue weighted by atomic mass is 16.4. The normalized spacial score (nSPS) is 9.42. The summed E-state index contributed by atoms with van der Waals surface area (Å²) in [6.45, 7) is 0.556. The molecular weight excluding hydrogens is 244 g/mol. The van der Waals surface area contributed by atoms with Gasteiger partial charge < -0.3 is 15.7 Å². The van der Waals surface area contributed by atoms with E-state index < -0.39 is 5.97 Å². The highest BCUT2D eigenvalue weighted by Gasteiger charge is 2.04. The molecule has 0 bridgehead atoms. The lowest BCUT2D eigenvalue weighted by molar-refractivity contribution is 0.0697. The van der Waals surface area contributed by atoms with Crippen LogP contribution in [0.2, 0.25) is 0 Å². The van der Waals surface area contributed by atoms with E-state index >= 15 is 0 Å². The molecule has 0 unspecified atom stereocenters. The van der Waals surface area contributed by atoms with Crippen molar-refractivity contribution in [3.05, 3.63) is 29.8 Å². The molecule has 5 heteroatoms. The number of carbonyl (C=O) groups excluding carboxylic acids is 1. The van der Waals surface area contributed by atoms with Crippen molar-refractivity contribution >= 4 is 17.7 Å². The van der Waals surface area contributed by atoms with Crippen molar-refractivity contribution in [1.82, 2.24) is 5.32 Å². The van der Waals surface area contributed by atoms with Gasteiger partial charge in [0.2, 0.25) is 0 Å². The van der Waals surface area contributed by atoms with E-state index in [1.165, 1.54) is 12.1 Å². The second kappa shape index (κ2) is 7.77. The average Bonchev–Trinajstić information content (AvgIpc) is 2.39. The number of carboxylic acid groups (broad SMARTS) is 1. The third kappa shape index (κ3) is 5.59. The van der Waals surface area contributed by atoms with Crippen molar-refractivity contribution in [2.24, 2.45) is 0 Å². The number of carboxylic acids is 1. The number of terminal acetylenes is 1. The van der Waals surface area contributed by atoms with Crippen LogP contribution in [-0.2, 0) is 0 Å². The molecule has 1 aromatic carbocycles. The van der Waals surface area contributed by atoms with Gasteiger partial charge in [-0.3, -0.25) is 0 Å². The fourth-order valence-electron chi connectivity index (χ4n) is 1.43. The van der Waals surface area contributed by atoms with Crippen LogP contribution >= 0.6 is 0 Å². The van der Waals surface area contributed by atoms with Crippen molar-refractivity contribution in [3.8, 4) is 12.3 Å². The van der Waals surface area contributed by atoms with Crippen LogP contribution in [0.4, 0.5) is 10.5 Å². The third-order valence-electron chi connectivity index (χ3n) is 2.42. The van der Waals surface area contributed by atoms with Gasteiger partial charge in [-0.05, 0) is 37.1 Å². The van der Waals surface area contributed by atoms with E-state index in [4.69, 9.17) is 11.5 Å². The molecule has 1 rings (SSSR count). The number of carbonyl (C=O) groups is 2. The minimum Gasteiger partial charge on any atom is -0.478 e. The van der Waals surface area contributed by atoms with Crippen LogP contribution in [0.5, 0.6) is 0 Å². The molecule has 0 fully saturated rings. The number of rotatable bonds is 6. The van der Waals surface area contributed by atoms with E-state index in [-0.39, 0.29) is 11.6 Å². The minimum absolute atomic E-state index is 0.181. The molecule has 0 aromatic heterocycles. The summed E-state index contributed by atoms with van der Waals surface area (Å²) in [6, 6.07) is 5.64. The zero-order chi connectivity index (χ0) is 14.1. The molecule has 5 nitrogen and oxygen atoms in total. The number of unbranched alkanes of at least 4 members (excludes halogenated alkanes) is 2. The number of urea groups is 1. The maximum Gasteiger partial charge on any atom is 0.335 e. The topological polar surface area (TPSA) is 78.4 Å². The van der Waals surface area contributed by atoms with Crippen LogP contribution < -0.4 is 10.6 Å². The van der Waals surface area contributed by atoms with E-state index in [1.807, 2.05) is 0 Å². The smallest absolute Gasteiger partial charge is 0.335 e. The number of anilines is 1. The number of hydrogen-bond acceptors (Lipinski definition) is 2. The lowest BCUT2D eigenvalue weighted by Gasteiger charge is -2.07. The third-order valence-corrected chi connectivity index (χ3v) is 2.42. The second-order valence-electron chi connectivity index (χ2n) is 3.92. The average molecular weight is 260 g/mol. The van der Waals surface area contributed by atoms with Crippen molar-refractivity contribution in [3.63, 3.8) is 0 Å². The standard InChI is InChI=1S/C14H16N2O3/c1-2-3-4-5-10-15-14(19)16-12-8-6-11(7-9-12)13(17)18/h1,6-9H,3-5,10H2,(H,17,18)(H2,15,16,19). The molecular formula is C14H16N2O3. The monoisotopic (exact) mass is 260 g/mol. The number of benzene rings is 1. The first-order valence-corrected chi connectivity index (χ1v) is 5.95. The number of aromatic carboxylic acids is 1. The van der Waals surface area contributed by atoms with Gasteiger partial charge >= 0.3 is 12.0 Å². The summed E-state index contributed by atoms with van der Waals surface area (Å²) in [6.07, 6.45) is 7.53. The summed E-state index contributed by atoms with van der Waals surface area (Å²) < 4.78 is 0. The predicted molar refractivity (Wildman–Crippen MR) is 73.1 cm³/mol. The fraction of sp³-hybridized carbons (Fsp3) is 0.286. The molecule has 19 heavy (non-hydrogen) atoms. The number of nitrogens with one attached hydrogen (secondary N) is 2. The van der Waals surface area contributed by atoms with Gasteiger partial charge in [0.25, 0.3) is 0 Å². The maximum atomic E-state index is 11.5. The van der Waals surface area contributed by atoms with Crippen molar-refractivity contribution in [2.75, 3.05) is 11.9 Å². The fourth-order valence-corrected chi connectivity index (χ4v) is 1.43. The molecule has 0 radical (unpaired) electrons. The Balaban J connectivity index is 2.32. The number of amides is 2. The Morgan fingerprint density at radius 2 is 1.89 bits per heavy atom. The molecule has 0 saturated heterocycles. The van der Waals surface area contributed by atoms with Gasteiger partial charge in [-0.2, -0.15) is 0 Å². The summed E-state index contributed by atoms with van der Waals surface area (Å²) in [4.78, 5) is 22.1. The highest BCUT2D eigenvalue weighted by molar-refractivity contribution is 5.91. The van der Waals surface area contributed by atoms with E-state index in [0.717, 1.165) is 12.8 Å². The van der Waals surface area contributed by atoms with E-state index in [9.17, 15) is 9.59 Å². The quantitative estimate of drug-likeness (QED) is 0.542. The largest absolute Gasteiger partial charge is 0.478 e.